The SMILES string of the molecule is CCCN1C(N2CCN(Cc3ccc(Cl)cc3)CC2)=NC2C1C(=O)NC(=O)N2C. The van der Waals surface area contributed by atoms with E-state index in [1.54, 1.807) is 7.05 Å². The van der Waals surface area contributed by atoms with Crippen LogP contribution in [0.15, 0.2) is 29.3 Å². The molecule has 29 heavy (non-hydrogen) atoms. The summed E-state index contributed by atoms with van der Waals surface area (Å²) in [6.45, 7) is 7.22. The first kappa shape index (κ1) is 20.0. The lowest BCUT2D eigenvalue weighted by Gasteiger charge is -2.40. The second-order valence-electron chi connectivity index (χ2n) is 7.78. The van der Waals surface area contributed by atoms with Crippen LogP contribution in [0.25, 0.3) is 0 Å². The topological polar surface area (TPSA) is 71.5 Å². The van der Waals surface area contributed by atoms with Crippen LogP contribution < -0.4 is 5.32 Å². The van der Waals surface area contributed by atoms with E-state index < -0.39 is 12.2 Å². The molecule has 2 saturated heterocycles. The molecular formula is C20H27ClN6O2. The van der Waals surface area contributed by atoms with E-state index in [0.717, 1.165) is 56.7 Å². The minimum absolute atomic E-state index is 0.258. The number of urea groups is 1. The number of fused-ring (bicyclic) bond motifs is 1. The maximum absolute atomic E-state index is 12.5. The van der Waals surface area contributed by atoms with Crippen molar-refractivity contribution in [2.24, 2.45) is 4.99 Å². The highest BCUT2D eigenvalue weighted by Gasteiger charge is 2.49. The summed E-state index contributed by atoms with van der Waals surface area (Å²) >= 11 is 5.98. The lowest BCUT2D eigenvalue weighted by Crippen LogP contribution is -2.64. The summed E-state index contributed by atoms with van der Waals surface area (Å²) in [5, 5.41) is 3.20. The van der Waals surface area contributed by atoms with Crippen LogP contribution in [0.1, 0.15) is 18.9 Å². The number of carbonyl (C=O) groups excluding carboxylic acids is 2. The molecule has 0 saturated carbocycles. The van der Waals surface area contributed by atoms with Gasteiger partial charge in [0.2, 0.25) is 0 Å². The van der Waals surface area contributed by atoms with Crippen molar-refractivity contribution >= 4 is 29.5 Å². The standard InChI is InChI=1S/C20H27ClN6O2/c1-3-8-27-16-17(24(2)20(29)23-18(16)28)22-19(27)26-11-9-25(10-12-26)13-14-4-6-15(21)7-5-14/h4-7,16-17H,3,8-13H2,1-2H3,(H,23,28,29). The quantitative estimate of drug-likeness (QED) is 0.800. The number of hydrogen-bond acceptors (Lipinski definition) is 6. The first-order valence-corrected chi connectivity index (χ1v) is 10.5. The molecule has 3 aliphatic rings. The van der Waals surface area contributed by atoms with Crippen molar-refractivity contribution in [2.75, 3.05) is 39.8 Å². The lowest BCUT2D eigenvalue weighted by atomic mass is 10.1. The second-order valence-corrected chi connectivity index (χ2v) is 8.21. The second kappa shape index (κ2) is 8.20. The predicted octanol–water partition coefficient (Wildman–Crippen LogP) is 1.42. The molecule has 3 amide bonds. The molecular weight excluding hydrogens is 392 g/mol. The number of amides is 3. The van der Waals surface area contributed by atoms with Crippen LogP contribution in [-0.4, -0.2) is 89.5 Å². The zero-order valence-corrected chi connectivity index (χ0v) is 17.6. The van der Waals surface area contributed by atoms with Crippen LogP contribution >= 0.6 is 11.6 Å². The van der Waals surface area contributed by atoms with E-state index in [9.17, 15) is 9.59 Å². The first-order valence-electron chi connectivity index (χ1n) is 10.1. The fourth-order valence-corrected chi connectivity index (χ4v) is 4.33. The number of aliphatic imine (C=N–C) groups is 1. The molecule has 1 N–H and O–H groups in total. The monoisotopic (exact) mass is 418 g/mol. The summed E-state index contributed by atoms with van der Waals surface area (Å²) in [7, 11) is 1.69. The third-order valence-electron chi connectivity index (χ3n) is 5.78. The summed E-state index contributed by atoms with van der Waals surface area (Å²) in [5.74, 6) is 0.580. The number of halogens is 1. The van der Waals surface area contributed by atoms with E-state index in [2.05, 4.69) is 39.1 Å². The fourth-order valence-electron chi connectivity index (χ4n) is 4.21. The number of rotatable bonds is 4. The van der Waals surface area contributed by atoms with Crippen molar-refractivity contribution in [3.8, 4) is 0 Å². The van der Waals surface area contributed by atoms with Crippen LogP contribution in [0.2, 0.25) is 5.02 Å². The number of carbonyl (C=O) groups is 2. The lowest BCUT2D eigenvalue weighted by molar-refractivity contribution is -0.127. The smallest absolute Gasteiger partial charge is 0.325 e. The zero-order valence-electron chi connectivity index (χ0n) is 16.8. The summed E-state index contributed by atoms with van der Waals surface area (Å²) < 4.78 is 0. The molecule has 1 aromatic carbocycles. The minimum atomic E-state index is -0.454. The summed E-state index contributed by atoms with van der Waals surface area (Å²) in [4.78, 5) is 37.6. The summed E-state index contributed by atoms with van der Waals surface area (Å²) in [6, 6.07) is 7.15. The molecule has 2 fully saturated rings. The Morgan fingerprint density at radius 1 is 1.14 bits per heavy atom. The maximum atomic E-state index is 12.5. The van der Waals surface area contributed by atoms with E-state index in [0.29, 0.717) is 0 Å². The molecule has 9 heteroatoms. The van der Waals surface area contributed by atoms with Crippen molar-refractivity contribution in [3.05, 3.63) is 34.9 Å². The third-order valence-corrected chi connectivity index (χ3v) is 6.03. The van der Waals surface area contributed by atoms with Gasteiger partial charge in [-0.2, -0.15) is 0 Å². The van der Waals surface area contributed by atoms with Crippen molar-refractivity contribution in [2.45, 2.75) is 32.1 Å². The summed E-state index contributed by atoms with van der Waals surface area (Å²) in [6.07, 6.45) is 0.453. The maximum Gasteiger partial charge on any atom is 0.325 e. The average molecular weight is 419 g/mol. The minimum Gasteiger partial charge on any atom is -0.340 e. The highest BCUT2D eigenvalue weighted by molar-refractivity contribution is 6.30. The molecule has 1 aromatic rings. The fraction of sp³-hybridized carbons (Fsp3) is 0.550. The number of hydrogen-bond donors (Lipinski definition) is 1. The van der Waals surface area contributed by atoms with Crippen molar-refractivity contribution in [1.82, 2.24) is 24.9 Å². The van der Waals surface area contributed by atoms with Gasteiger partial charge in [0.25, 0.3) is 5.91 Å². The molecule has 0 aliphatic carbocycles. The molecule has 3 aliphatic heterocycles. The molecule has 156 valence electrons. The third kappa shape index (κ3) is 3.91. The number of imide groups is 1. The number of benzene rings is 1. The number of nitrogens with zero attached hydrogens (tertiary/aromatic N) is 5. The van der Waals surface area contributed by atoms with Crippen LogP contribution in [0.3, 0.4) is 0 Å². The number of likely N-dealkylation sites (N-methyl/N-ethyl adjacent to an activating group) is 1. The molecule has 2 unspecified atom stereocenters. The van der Waals surface area contributed by atoms with Crippen LogP contribution in [0.5, 0.6) is 0 Å². The molecule has 3 heterocycles. The molecule has 2 atom stereocenters. The molecule has 0 spiro atoms. The van der Waals surface area contributed by atoms with Gasteiger partial charge in [0, 0.05) is 51.3 Å². The van der Waals surface area contributed by atoms with Crippen molar-refractivity contribution in [1.29, 1.82) is 0 Å². The Hall–Kier alpha value is -2.32. The highest BCUT2D eigenvalue weighted by Crippen LogP contribution is 2.26. The van der Waals surface area contributed by atoms with Crippen molar-refractivity contribution in [3.63, 3.8) is 0 Å². The van der Waals surface area contributed by atoms with Gasteiger partial charge in [-0.15, -0.1) is 0 Å². The van der Waals surface area contributed by atoms with Gasteiger partial charge < -0.3 is 14.7 Å². The van der Waals surface area contributed by atoms with Crippen molar-refractivity contribution < 1.29 is 9.59 Å². The average Bonchev–Trinajstić information content (AvgIpc) is 3.09. The molecule has 4 rings (SSSR count). The Bertz CT molecular complexity index is 806. The number of guanidine groups is 1. The van der Waals surface area contributed by atoms with E-state index in [4.69, 9.17) is 16.6 Å². The Kier molecular flexibility index (Phi) is 5.65. The van der Waals surface area contributed by atoms with Crippen LogP contribution in [0, 0.1) is 0 Å². The highest BCUT2D eigenvalue weighted by atomic mass is 35.5. The van der Waals surface area contributed by atoms with Gasteiger partial charge in [-0.25, -0.2) is 9.79 Å². The zero-order chi connectivity index (χ0) is 20.5. The van der Waals surface area contributed by atoms with E-state index in [1.807, 2.05) is 12.1 Å². The largest absolute Gasteiger partial charge is 0.340 e. The molecule has 0 aromatic heterocycles. The van der Waals surface area contributed by atoms with Gasteiger partial charge in [0.15, 0.2) is 18.2 Å². The van der Waals surface area contributed by atoms with Gasteiger partial charge in [0.05, 0.1) is 0 Å². The first-order chi connectivity index (χ1) is 14.0. The van der Waals surface area contributed by atoms with Gasteiger partial charge in [0.1, 0.15) is 0 Å². The van der Waals surface area contributed by atoms with E-state index in [-0.39, 0.29) is 11.9 Å². The molecule has 0 radical (unpaired) electrons. The summed E-state index contributed by atoms with van der Waals surface area (Å²) in [5.41, 5.74) is 1.25. The number of nitrogens with one attached hydrogen (secondary N) is 1. The Balaban J connectivity index is 1.44. The van der Waals surface area contributed by atoms with Crippen LogP contribution in [-0.2, 0) is 11.3 Å². The molecule has 0 bridgehead atoms. The molecule has 8 nitrogen and oxygen atoms in total. The normalized spacial score (nSPS) is 25.2. The van der Waals surface area contributed by atoms with E-state index in [1.165, 1.54) is 10.5 Å². The van der Waals surface area contributed by atoms with Gasteiger partial charge >= 0.3 is 6.03 Å². The Labute approximate surface area is 176 Å². The Morgan fingerprint density at radius 3 is 2.48 bits per heavy atom. The van der Waals surface area contributed by atoms with Gasteiger partial charge in [-0.1, -0.05) is 30.7 Å². The van der Waals surface area contributed by atoms with Crippen LogP contribution in [0.4, 0.5) is 4.79 Å². The van der Waals surface area contributed by atoms with Gasteiger partial charge in [-0.3, -0.25) is 15.0 Å². The van der Waals surface area contributed by atoms with Gasteiger partial charge in [-0.05, 0) is 24.1 Å². The predicted molar refractivity (Wildman–Crippen MR) is 112 cm³/mol. The Morgan fingerprint density at radius 2 is 1.83 bits per heavy atom. The number of piperazine rings is 1. The van der Waals surface area contributed by atoms with E-state index >= 15 is 0 Å².